The fraction of sp³-hybridized carbons (Fsp3) is 0.240. The molecule has 1 aromatic heterocycles. The van der Waals surface area contributed by atoms with Gasteiger partial charge in [-0.3, -0.25) is 14.6 Å². The summed E-state index contributed by atoms with van der Waals surface area (Å²) < 4.78 is 1.68. The van der Waals surface area contributed by atoms with Gasteiger partial charge in [0.25, 0.3) is 11.5 Å². The van der Waals surface area contributed by atoms with Gasteiger partial charge >= 0.3 is 0 Å². The van der Waals surface area contributed by atoms with Crippen molar-refractivity contribution in [3.05, 3.63) is 106 Å². The van der Waals surface area contributed by atoms with Gasteiger partial charge in [-0.1, -0.05) is 42.5 Å². The van der Waals surface area contributed by atoms with Crippen LogP contribution in [0.5, 0.6) is 0 Å². The minimum Gasteiger partial charge on any atom is -0.352 e. The maximum Gasteiger partial charge on any atom is 0.253 e. The number of hydrogen-bond donors (Lipinski definition) is 2. The highest BCUT2D eigenvalue weighted by Gasteiger charge is 2.07. The Labute approximate surface area is 188 Å². The van der Waals surface area contributed by atoms with Gasteiger partial charge in [-0.05, 0) is 34.9 Å². The number of hydrogen-bond acceptors (Lipinski definition) is 3. The molecule has 166 valence electrons. The zero-order valence-electron chi connectivity index (χ0n) is 18.7. The Hall–Kier alpha value is -3.87. The maximum atomic E-state index is 12.0. The van der Waals surface area contributed by atoms with E-state index < -0.39 is 0 Å². The fourth-order valence-corrected chi connectivity index (χ4v) is 3.17. The van der Waals surface area contributed by atoms with E-state index in [1.54, 1.807) is 48.9 Å². The Bertz CT molecular complexity index is 1120. The van der Waals surface area contributed by atoms with Crippen LogP contribution >= 0.6 is 0 Å². The SMILES string of the molecule is CN=C(NCc1ccc(Cn2ccccc2=O)cc1)NCc1ccc(C(=O)N(C)C)cc1. The van der Waals surface area contributed by atoms with Crippen molar-refractivity contribution in [3.63, 3.8) is 0 Å². The van der Waals surface area contributed by atoms with Crippen molar-refractivity contribution in [2.45, 2.75) is 19.6 Å². The molecule has 0 fully saturated rings. The third-order valence-corrected chi connectivity index (χ3v) is 5.03. The summed E-state index contributed by atoms with van der Waals surface area (Å²) in [6, 6.07) is 20.9. The minimum absolute atomic E-state index is 0.00736. The first-order chi connectivity index (χ1) is 15.5. The third kappa shape index (κ3) is 6.31. The zero-order chi connectivity index (χ0) is 22.9. The number of pyridine rings is 1. The van der Waals surface area contributed by atoms with Crippen LogP contribution in [0.15, 0.2) is 82.7 Å². The van der Waals surface area contributed by atoms with Crippen LogP contribution in [0.1, 0.15) is 27.0 Å². The molecule has 0 aliphatic heterocycles. The quantitative estimate of drug-likeness (QED) is 0.445. The number of rotatable bonds is 7. The molecule has 3 aromatic rings. The Morgan fingerprint density at radius 3 is 1.97 bits per heavy atom. The number of carbonyl (C=O) groups excluding carboxylic acids is 1. The molecule has 0 saturated carbocycles. The van der Waals surface area contributed by atoms with Gasteiger partial charge in [0.15, 0.2) is 5.96 Å². The molecule has 0 aliphatic carbocycles. The summed E-state index contributed by atoms with van der Waals surface area (Å²) in [7, 11) is 5.21. The number of nitrogens with zero attached hydrogens (tertiary/aromatic N) is 3. The molecule has 1 amide bonds. The molecule has 7 heteroatoms. The lowest BCUT2D eigenvalue weighted by atomic mass is 10.1. The summed E-state index contributed by atoms with van der Waals surface area (Å²) in [5, 5.41) is 6.58. The predicted molar refractivity (Wildman–Crippen MR) is 128 cm³/mol. The summed E-state index contributed by atoms with van der Waals surface area (Å²) >= 11 is 0. The Kier molecular flexibility index (Phi) is 7.80. The average Bonchev–Trinajstić information content (AvgIpc) is 2.81. The van der Waals surface area contributed by atoms with Crippen LogP contribution < -0.4 is 16.2 Å². The second kappa shape index (κ2) is 10.9. The summed E-state index contributed by atoms with van der Waals surface area (Å²) in [5.74, 6) is 0.683. The second-order valence-corrected chi connectivity index (χ2v) is 7.66. The molecule has 0 aliphatic rings. The van der Waals surface area contributed by atoms with Crippen molar-refractivity contribution in [1.82, 2.24) is 20.1 Å². The molecule has 2 N–H and O–H groups in total. The van der Waals surface area contributed by atoms with Crippen LogP contribution in [-0.2, 0) is 19.6 Å². The molecule has 1 heterocycles. The largest absolute Gasteiger partial charge is 0.352 e. The summed E-state index contributed by atoms with van der Waals surface area (Å²) in [4.78, 5) is 29.7. The number of amides is 1. The first-order valence-electron chi connectivity index (χ1n) is 10.4. The number of carbonyl (C=O) groups is 1. The van der Waals surface area contributed by atoms with E-state index in [1.165, 1.54) is 0 Å². The topological polar surface area (TPSA) is 78.7 Å². The van der Waals surface area contributed by atoms with E-state index in [4.69, 9.17) is 0 Å². The molecule has 0 spiro atoms. The van der Waals surface area contributed by atoms with Crippen LogP contribution in [0.25, 0.3) is 0 Å². The summed E-state index contributed by atoms with van der Waals surface area (Å²) in [6.45, 7) is 1.78. The Balaban J connectivity index is 1.49. The van der Waals surface area contributed by atoms with Crippen molar-refractivity contribution >= 4 is 11.9 Å². The van der Waals surface area contributed by atoms with E-state index in [1.807, 2.05) is 54.6 Å². The molecule has 3 rings (SSSR count). The number of guanidine groups is 1. The Morgan fingerprint density at radius 2 is 1.44 bits per heavy atom. The van der Waals surface area contributed by atoms with Crippen LogP contribution in [0, 0.1) is 0 Å². The summed E-state index contributed by atoms with van der Waals surface area (Å²) in [6.07, 6.45) is 1.79. The maximum absolute atomic E-state index is 12.0. The van der Waals surface area contributed by atoms with Crippen molar-refractivity contribution in [3.8, 4) is 0 Å². The molecule has 0 unspecified atom stereocenters. The third-order valence-electron chi connectivity index (χ3n) is 5.03. The number of benzene rings is 2. The zero-order valence-corrected chi connectivity index (χ0v) is 18.7. The van der Waals surface area contributed by atoms with Gasteiger partial charge in [-0.25, -0.2) is 0 Å². The molecule has 0 bridgehead atoms. The molecule has 32 heavy (non-hydrogen) atoms. The lowest BCUT2D eigenvalue weighted by molar-refractivity contribution is 0.0827. The first-order valence-corrected chi connectivity index (χ1v) is 10.4. The van der Waals surface area contributed by atoms with Gasteiger partial charge in [0.05, 0.1) is 6.54 Å². The highest BCUT2D eigenvalue weighted by molar-refractivity contribution is 5.93. The van der Waals surface area contributed by atoms with Crippen LogP contribution in [0.3, 0.4) is 0 Å². The predicted octanol–water partition coefficient (Wildman–Crippen LogP) is 2.46. The second-order valence-electron chi connectivity index (χ2n) is 7.66. The lowest BCUT2D eigenvalue weighted by Gasteiger charge is -2.13. The molecule has 7 nitrogen and oxygen atoms in total. The highest BCUT2D eigenvalue weighted by Crippen LogP contribution is 2.07. The Morgan fingerprint density at radius 1 is 0.875 bits per heavy atom. The number of aromatic nitrogens is 1. The minimum atomic E-state index is -0.0103. The standard InChI is InChI=1S/C25H29N5O2/c1-26-25(28-17-20-11-13-22(14-12-20)24(32)29(2)3)27-16-19-7-9-21(10-8-19)18-30-15-5-4-6-23(30)31/h4-15H,16-18H2,1-3H3,(H2,26,27,28). The molecular formula is C25H29N5O2. The van der Waals surface area contributed by atoms with Crippen molar-refractivity contribution in [2.24, 2.45) is 4.99 Å². The van der Waals surface area contributed by atoms with Gasteiger partial charge in [-0.15, -0.1) is 0 Å². The van der Waals surface area contributed by atoms with Gasteiger partial charge in [-0.2, -0.15) is 0 Å². The first kappa shape index (κ1) is 22.8. The van der Waals surface area contributed by atoms with Crippen LogP contribution in [0.4, 0.5) is 0 Å². The van der Waals surface area contributed by atoms with E-state index in [-0.39, 0.29) is 11.5 Å². The lowest BCUT2D eigenvalue weighted by Crippen LogP contribution is -2.36. The normalized spacial score (nSPS) is 11.2. The average molecular weight is 432 g/mol. The molecular weight excluding hydrogens is 402 g/mol. The van der Waals surface area contributed by atoms with Gasteiger partial charge in [0, 0.05) is 52.1 Å². The van der Waals surface area contributed by atoms with Crippen LogP contribution in [-0.4, -0.2) is 42.5 Å². The molecule has 0 saturated heterocycles. The smallest absolute Gasteiger partial charge is 0.253 e. The molecule has 2 aromatic carbocycles. The van der Waals surface area contributed by atoms with Crippen LogP contribution in [0.2, 0.25) is 0 Å². The summed E-state index contributed by atoms with van der Waals surface area (Å²) in [5.41, 5.74) is 3.90. The fourth-order valence-electron chi connectivity index (χ4n) is 3.17. The van der Waals surface area contributed by atoms with E-state index >= 15 is 0 Å². The van der Waals surface area contributed by atoms with Gasteiger partial charge < -0.3 is 20.1 Å². The molecule has 0 radical (unpaired) electrons. The van der Waals surface area contributed by atoms with E-state index in [9.17, 15) is 9.59 Å². The van der Waals surface area contributed by atoms with Gasteiger partial charge in [0.1, 0.15) is 0 Å². The molecule has 0 atom stereocenters. The highest BCUT2D eigenvalue weighted by atomic mass is 16.2. The van der Waals surface area contributed by atoms with Gasteiger partial charge in [0.2, 0.25) is 0 Å². The monoisotopic (exact) mass is 431 g/mol. The van der Waals surface area contributed by atoms with E-state index in [0.717, 1.165) is 16.7 Å². The number of nitrogens with one attached hydrogen (secondary N) is 2. The van der Waals surface area contributed by atoms with E-state index in [2.05, 4.69) is 15.6 Å². The van der Waals surface area contributed by atoms with Crippen molar-refractivity contribution in [1.29, 1.82) is 0 Å². The number of aliphatic imine (C=N–C) groups is 1. The van der Waals surface area contributed by atoms with Crippen molar-refractivity contribution < 1.29 is 4.79 Å². The van der Waals surface area contributed by atoms with E-state index in [0.29, 0.717) is 31.2 Å². The van der Waals surface area contributed by atoms with Crippen molar-refractivity contribution in [2.75, 3.05) is 21.1 Å².